The van der Waals surface area contributed by atoms with E-state index in [0.717, 1.165) is 30.4 Å². The molecule has 1 saturated heterocycles. The van der Waals surface area contributed by atoms with Crippen molar-refractivity contribution in [3.63, 3.8) is 0 Å². The maximum Gasteiger partial charge on any atom is 0.416 e. The first-order valence-electron chi connectivity index (χ1n) is 11.7. The first-order chi connectivity index (χ1) is 15.6. The molecule has 2 aromatic carbocycles. The molecule has 178 valence electrons. The van der Waals surface area contributed by atoms with Crippen molar-refractivity contribution in [1.82, 2.24) is 5.32 Å². The number of carbonyl (C=O) groups is 1. The lowest BCUT2D eigenvalue weighted by molar-refractivity contribution is -0.137. The van der Waals surface area contributed by atoms with E-state index in [9.17, 15) is 18.0 Å². The van der Waals surface area contributed by atoms with Crippen molar-refractivity contribution in [1.29, 1.82) is 0 Å². The van der Waals surface area contributed by atoms with Gasteiger partial charge in [0.15, 0.2) is 0 Å². The van der Waals surface area contributed by atoms with Crippen molar-refractivity contribution in [2.24, 2.45) is 11.8 Å². The molecule has 4 rings (SSSR count). The molecule has 0 bridgehead atoms. The fraction of sp³-hybridized carbons (Fsp3) is 0.500. The number of aryl methyl sites for hydroxylation is 1. The van der Waals surface area contributed by atoms with Gasteiger partial charge in [0.25, 0.3) is 0 Å². The number of nitrogens with zero attached hydrogens (tertiary/aromatic N) is 2. The van der Waals surface area contributed by atoms with Crippen LogP contribution in [0.1, 0.15) is 37.0 Å². The first-order valence-corrected chi connectivity index (χ1v) is 11.7. The van der Waals surface area contributed by atoms with E-state index in [2.05, 4.69) is 53.2 Å². The zero-order chi connectivity index (χ0) is 23.8. The van der Waals surface area contributed by atoms with Crippen molar-refractivity contribution in [2.75, 3.05) is 36.0 Å². The fourth-order valence-corrected chi connectivity index (χ4v) is 4.90. The molecule has 2 aliphatic rings. The summed E-state index contributed by atoms with van der Waals surface area (Å²) in [6.45, 7) is 8.90. The summed E-state index contributed by atoms with van der Waals surface area (Å²) in [5, 5.41) is 3.05. The number of rotatable bonds is 5. The number of fused-ring (bicyclic) bond motifs is 3. The molecular weight excluding hydrogens is 427 g/mol. The number of piperazine rings is 1. The third kappa shape index (κ3) is 5.12. The quantitative estimate of drug-likeness (QED) is 0.680. The van der Waals surface area contributed by atoms with E-state index < -0.39 is 17.7 Å². The minimum atomic E-state index is -4.40. The van der Waals surface area contributed by atoms with Gasteiger partial charge in [-0.25, -0.2) is 0 Å². The van der Waals surface area contributed by atoms with Gasteiger partial charge in [-0.2, -0.15) is 13.2 Å². The standard InChI is InChI=1S/C26H32F3N3O/c1-17(2)10-11-30-25(33)22-15-19-14-20(26(27,28)29)6-9-23(19)32-13-12-31(16-24(22)32)21-7-4-18(3)5-8-21/h4-9,14,17,22,24H,10-13,15-16H2,1-3H3,(H,30,33)/t22-,24+/m0/s1. The molecule has 0 saturated carbocycles. The second kappa shape index (κ2) is 9.27. The molecule has 0 spiro atoms. The van der Waals surface area contributed by atoms with Crippen LogP contribution in [0.15, 0.2) is 42.5 Å². The normalized spacial score (nSPS) is 20.5. The van der Waals surface area contributed by atoms with Crippen molar-refractivity contribution in [3.05, 3.63) is 59.2 Å². The van der Waals surface area contributed by atoms with Gasteiger partial charge in [0.05, 0.1) is 17.5 Å². The van der Waals surface area contributed by atoms with Gasteiger partial charge in [0.1, 0.15) is 0 Å². The summed E-state index contributed by atoms with van der Waals surface area (Å²) in [6.07, 6.45) is -3.21. The maximum atomic E-state index is 13.4. The molecule has 33 heavy (non-hydrogen) atoms. The number of benzene rings is 2. The van der Waals surface area contributed by atoms with Gasteiger partial charge in [0, 0.05) is 37.6 Å². The molecule has 2 aromatic rings. The molecule has 1 fully saturated rings. The minimum Gasteiger partial charge on any atom is -0.368 e. The van der Waals surface area contributed by atoms with E-state index in [1.54, 1.807) is 6.07 Å². The highest BCUT2D eigenvalue weighted by molar-refractivity contribution is 5.82. The average molecular weight is 460 g/mol. The van der Waals surface area contributed by atoms with Crippen LogP contribution < -0.4 is 15.1 Å². The van der Waals surface area contributed by atoms with Crippen molar-refractivity contribution >= 4 is 17.3 Å². The molecule has 2 heterocycles. The predicted octanol–water partition coefficient (Wildman–Crippen LogP) is 5.04. The van der Waals surface area contributed by atoms with Crippen LogP contribution in [0.5, 0.6) is 0 Å². The summed E-state index contributed by atoms with van der Waals surface area (Å²) in [5.74, 6) is -0.00389. The Labute approximate surface area is 193 Å². The zero-order valence-electron chi connectivity index (χ0n) is 19.5. The molecule has 1 N–H and O–H groups in total. The van der Waals surface area contributed by atoms with Gasteiger partial charge in [-0.05, 0) is 61.6 Å². The Morgan fingerprint density at radius 1 is 1.12 bits per heavy atom. The van der Waals surface area contributed by atoms with Crippen molar-refractivity contribution < 1.29 is 18.0 Å². The SMILES string of the molecule is Cc1ccc(N2CCN3c4ccc(C(F)(F)F)cc4C[C@H](C(=O)NCCC(C)C)[C@H]3C2)cc1. The van der Waals surface area contributed by atoms with E-state index in [-0.39, 0.29) is 11.9 Å². The molecule has 2 atom stereocenters. The van der Waals surface area contributed by atoms with Crippen LogP contribution >= 0.6 is 0 Å². The summed E-state index contributed by atoms with van der Waals surface area (Å²) in [7, 11) is 0. The van der Waals surface area contributed by atoms with Crippen LogP contribution in [0.4, 0.5) is 24.5 Å². The third-order valence-corrected chi connectivity index (χ3v) is 6.80. The Morgan fingerprint density at radius 2 is 1.85 bits per heavy atom. The molecule has 0 radical (unpaired) electrons. The van der Waals surface area contributed by atoms with Crippen LogP contribution in [0.3, 0.4) is 0 Å². The number of nitrogens with one attached hydrogen (secondary N) is 1. The van der Waals surface area contributed by atoms with Crippen LogP contribution in [0.2, 0.25) is 0 Å². The van der Waals surface area contributed by atoms with Crippen LogP contribution in [-0.2, 0) is 17.4 Å². The molecule has 0 aromatic heterocycles. The highest BCUT2D eigenvalue weighted by Crippen LogP contribution is 2.40. The largest absolute Gasteiger partial charge is 0.416 e. The third-order valence-electron chi connectivity index (χ3n) is 6.80. The molecule has 4 nitrogen and oxygen atoms in total. The smallest absolute Gasteiger partial charge is 0.368 e. The summed E-state index contributed by atoms with van der Waals surface area (Å²) in [4.78, 5) is 17.7. The lowest BCUT2D eigenvalue weighted by Gasteiger charge is -2.49. The summed E-state index contributed by atoms with van der Waals surface area (Å²) in [6, 6.07) is 12.2. The van der Waals surface area contributed by atoms with Crippen LogP contribution in [0.25, 0.3) is 0 Å². The van der Waals surface area contributed by atoms with Gasteiger partial charge >= 0.3 is 6.18 Å². The number of anilines is 2. The average Bonchev–Trinajstić information content (AvgIpc) is 2.77. The van der Waals surface area contributed by atoms with Crippen molar-refractivity contribution in [2.45, 2.75) is 45.8 Å². The maximum absolute atomic E-state index is 13.4. The Hall–Kier alpha value is -2.70. The van der Waals surface area contributed by atoms with E-state index in [4.69, 9.17) is 0 Å². The van der Waals surface area contributed by atoms with Crippen LogP contribution in [0, 0.1) is 18.8 Å². The summed E-state index contributed by atoms with van der Waals surface area (Å²) in [5.41, 5.74) is 3.07. The number of alkyl halides is 3. The molecule has 0 aliphatic carbocycles. The molecule has 1 amide bonds. The molecule has 0 unspecified atom stereocenters. The number of amides is 1. The van der Waals surface area contributed by atoms with Gasteiger partial charge in [-0.1, -0.05) is 31.5 Å². The number of hydrogen-bond acceptors (Lipinski definition) is 3. The van der Waals surface area contributed by atoms with Gasteiger partial charge in [0.2, 0.25) is 5.91 Å². The topological polar surface area (TPSA) is 35.6 Å². The van der Waals surface area contributed by atoms with Crippen molar-refractivity contribution in [3.8, 4) is 0 Å². The molecule has 7 heteroatoms. The van der Waals surface area contributed by atoms with E-state index >= 15 is 0 Å². The lowest BCUT2D eigenvalue weighted by atomic mass is 9.82. The minimum absolute atomic E-state index is 0.0699. The molecule has 2 aliphatic heterocycles. The second-order valence-corrected chi connectivity index (χ2v) is 9.67. The van der Waals surface area contributed by atoms with E-state index in [0.29, 0.717) is 37.5 Å². The zero-order valence-corrected chi connectivity index (χ0v) is 19.5. The van der Waals surface area contributed by atoms with Crippen LogP contribution in [-0.4, -0.2) is 38.1 Å². The van der Waals surface area contributed by atoms with Gasteiger partial charge < -0.3 is 15.1 Å². The number of carbonyl (C=O) groups excluding carboxylic acids is 1. The predicted molar refractivity (Wildman–Crippen MR) is 126 cm³/mol. The number of halogens is 3. The first kappa shape index (κ1) is 23.5. The highest BCUT2D eigenvalue weighted by atomic mass is 19.4. The lowest BCUT2D eigenvalue weighted by Crippen LogP contribution is -2.61. The second-order valence-electron chi connectivity index (χ2n) is 9.67. The number of hydrogen-bond donors (Lipinski definition) is 1. The fourth-order valence-electron chi connectivity index (χ4n) is 4.90. The molecular formula is C26H32F3N3O. The van der Waals surface area contributed by atoms with Gasteiger partial charge in [-0.15, -0.1) is 0 Å². The van der Waals surface area contributed by atoms with E-state index in [1.165, 1.54) is 11.6 Å². The summed E-state index contributed by atoms with van der Waals surface area (Å²) < 4.78 is 40.1. The Kier molecular flexibility index (Phi) is 6.59. The Bertz CT molecular complexity index is 987. The Morgan fingerprint density at radius 3 is 2.52 bits per heavy atom. The monoisotopic (exact) mass is 459 g/mol. The summed E-state index contributed by atoms with van der Waals surface area (Å²) >= 11 is 0. The van der Waals surface area contributed by atoms with Gasteiger partial charge in [-0.3, -0.25) is 4.79 Å². The highest BCUT2D eigenvalue weighted by Gasteiger charge is 2.42. The Balaban J connectivity index is 1.63. The van der Waals surface area contributed by atoms with E-state index in [1.807, 2.05) is 6.92 Å².